The van der Waals surface area contributed by atoms with Gasteiger partial charge in [-0.3, -0.25) is 14.6 Å². The Balaban J connectivity index is 1.48. The quantitative estimate of drug-likeness (QED) is 0.783. The van der Waals surface area contributed by atoms with Crippen molar-refractivity contribution in [2.24, 2.45) is 0 Å². The smallest absolute Gasteiger partial charge is 0.277 e. The highest BCUT2D eigenvalue weighted by Gasteiger charge is 2.28. The van der Waals surface area contributed by atoms with E-state index in [4.69, 9.17) is 0 Å². The maximum atomic E-state index is 12.4. The van der Waals surface area contributed by atoms with Crippen molar-refractivity contribution in [3.63, 3.8) is 0 Å². The van der Waals surface area contributed by atoms with Crippen LogP contribution in [-0.2, 0) is 4.79 Å². The zero-order valence-electron chi connectivity index (χ0n) is 12.8. The summed E-state index contributed by atoms with van der Waals surface area (Å²) in [6.07, 6.45) is 5.55. The molecule has 0 radical (unpaired) electrons. The Kier molecular flexibility index (Phi) is 4.68. The molecule has 2 saturated heterocycles. The number of piperazine rings is 1. The lowest BCUT2D eigenvalue weighted by atomic mass is 10.2. The Morgan fingerprint density at radius 2 is 1.64 bits per heavy atom. The number of quaternary nitrogens is 1. The fraction of sp³-hybridized carbons (Fsp3) is 0.562. The van der Waals surface area contributed by atoms with Gasteiger partial charge in [0.25, 0.3) is 11.8 Å². The van der Waals surface area contributed by atoms with Crippen LogP contribution in [0.5, 0.6) is 0 Å². The van der Waals surface area contributed by atoms with E-state index in [1.807, 2.05) is 9.80 Å². The van der Waals surface area contributed by atoms with Gasteiger partial charge in [0.1, 0.15) is 0 Å². The Bertz CT molecular complexity index is 520. The number of pyridine rings is 1. The molecule has 22 heavy (non-hydrogen) atoms. The summed E-state index contributed by atoms with van der Waals surface area (Å²) >= 11 is 0. The van der Waals surface area contributed by atoms with Crippen LogP contribution in [0.25, 0.3) is 0 Å². The molecular weight excluding hydrogens is 280 g/mol. The van der Waals surface area contributed by atoms with Crippen LogP contribution in [0.4, 0.5) is 0 Å². The topological polar surface area (TPSA) is 58.0 Å². The van der Waals surface area contributed by atoms with Gasteiger partial charge in [0, 0.05) is 31.0 Å². The molecule has 6 nitrogen and oxygen atoms in total. The highest BCUT2D eigenvalue weighted by Crippen LogP contribution is 2.07. The fourth-order valence-electron chi connectivity index (χ4n) is 3.17. The van der Waals surface area contributed by atoms with Crippen molar-refractivity contribution in [3.8, 4) is 0 Å². The second-order valence-electron chi connectivity index (χ2n) is 6.04. The number of aromatic nitrogens is 1. The summed E-state index contributed by atoms with van der Waals surface area (Å²) in [6.45, 7) is 5.51. The molecule has 3 heterocycles. The molecule has 2 fully saturated rings. The zero-order chi connectivity index (χ0) is 15.4. The van der Waals surface area contributed by atoms with Gasteiger partial charge in [-0.05, 0) is 25.0 Å². The minimum absolute atomic E-state index is 0.0623. The van der Waals surface area contributed by atoms with E-state index >= 15 is 0 Å². The molecule has 0 aliphatic carbocycles. The Hall–Kier alpha value is -1.95. The summed E-state index contributed by atoms with van der Waals surface area (Å²) in [4.78, 5) is 33.6. The van der Waals surface area contributed by atoms with Gasteiger partial charge >= 0.3 is 0 Å². The van der Waals surface area contributed by atoms with E-state index in [0.717, 1.165) is 39.0 Å². The molecule has 0 unspecified atom stereocenters. The summed E-state index contributed by atoms with van der Waals surface area (Å²) in [5, 5.41) is 0. The van der Waals surface area contributed by atoms with Crippen LogP contribution in [0, 0.1) is 0 Å². The molecule has 1 aromatic rings. The van der Waals surface area contributed by atoms with Crippen molar-refractivity contribution in [3.05, 3.63) is 30.1 Å². The number of amides is 2. The Labute approximate surface area is 130 Å². The van der Waals surface area contributed by atoms with Gasteiger partial charge in [-0.25, -0.2) is 0 Å². The van der Waals surface area contributed by atoms with Crippen LogP contribution in [0.2, 0.25) is 0 Å². The predicted molar refractivity (Wildman–Crippen MR) is 81.5 cm³/mol. The molecule has 0 spiro atoms. The van der Waals surface area contributed by atoms with Gasteiger partial charge < -0.3 is 14.7 Å². The minimum Gasteiger partial charge on any atom is -0.338 e. The molecule has 0 bridgehead atoms. The van der Waals surface area contributed by atoms with Crippen LogP contribution in [-0.4, -0.2) is 72.4 Å². The normalized spacial score (nSPS) is 19.5. The van der Waals surface area contributed by atoms with Crippen molar-refractivity contribution >= 4 is 11.8 Å². The van der Waals surface area contributed by atoms with E-state index in [-0.39, 0.29) is 11.8 Å². The maximum Gasteiger partial charge on any atom is 0.277 e. The monoisotopic (exact) mass is 303 g/mol. The molecular formula is C16H23N4O2+. The summed E-state index contributed by atoms with van der Waals surface area (Å²) in [6, 6.07) is 3.50. The predicted octanol–water partition coefficient (Wildman–Crippen LogP) is -0.955. The first-order chi connectivity index (χ1) is 10.7. The zero-order valence-corrected chi connectivity index (χ0v) is 12.8. The van der Waals surface area contributed by atoms with Crippen LogP contribution < -0.4 is 4.90 Å². The lowest BCUT2D eigenvalue weighted by Gasteiger charge is -2.32. The third-order valence-electron chi connectivity index (χ3n) is 4.55. The first-order valence-electron chi connectivity index (χ1n) is 8.05. The first-order valence-corrected chi connectivity index (χ1v) is 8.05. The summed E-state index contributed by atoms with van der Waals surface area (Å²) in [5.74, 6) is 0.328. The highest BCUT2D eigenvalue weighted by atomic mass is 16.2. The molecule has 2 amide bonds. The number of likely N-dealkylation sites (tertiary alicyclic amines) is 1. The highest BCUT2D eigenvalue weighted by molar-refractivity contribution is 5.94. The summed E-state index contributed by atoms with van der Waals surface area (Å²) in [7, 11) is 0. The number of nitrogens with zero attached hydrogens (tertiary/aromatic N) is 3. The molecule has 2 aliphatic heterocycles. The first kappa shape index (κ1) is 15.0. The van der Waals surface area contributed by atoms with E-state index in [1.165, 1.54) is 4.90 Å². The van der Waals surface area contributed by atoms with Gasteiger partial charge in [0.05, 0.1) is 26.2 Å². The summed E-state index contributed by atoms with van der Waals surface area (Å²) < 4.78 is 0. The largest absolute Gasteiger partial charge is 0.338 e. The second kappa shape index (κ2) is 6.87. The number of carbonyl (C=O) groups is 2. The van der Waals surface area contributed by atoms with Crippen molar-refractivity contribution in [2.45, 2.75) is 12.8 Å². The van der Waals surface area contributed by atoms with Crippen LogP contribution >= 0.6 is 0 Å². The SMILES string of the molecule is O=C(C[NH+]1CCN(C(=O)c2ccncc2)CC1)N1CCCC1. The molecule has 6 heteroatoms. The standard InChI is InChI=1S/C16H22N4O2/c21-15(19-7-1-2-8-19)13-18-9-11-20(12-10-18)16(22)14-3-5-17-6-4-14/h3-6H,1-2,7-13H2/p+1. The molecule has 2 aliphatic rings. The van der Waals surface area contributed by atoms with E-state index < -0.39 is 0 Å². The van der Waals surface area contributed by atoms with Crippen molar-refractivity contribution in [2.75, 3.05) is 45.8 Å². The van der Waals surface area contributed by atoms with Crippen LogP contribution in [0.15, 0.2) is 24.5 Å². The van der Waals surface area contributed by atoms with Gasteiger partial charge in [0.15, 0.2) is 6.54 Å². The number of hydrogen-bond acceptors (Lipinski definition) is 3. The summed E-state index contributed by atoms with van der Waals surface area (Å²) in [5.41, 5.74) is 0.687. The van der Waals surface area contributed by atoms with Gasteiger partial charge in [-0.1, -0.05) is 0 Å². The maximum absolute atomic E-state index is 12.4. The lowest BCUT2D eigenvalue weighted by Crippen LogP contribution is -3.15. The lowest BCUT2D eigenvalue weighted by molar-refractivity contribution is -0.896. The van der Waals surface area contributed by atoms with Crippen molar-refractivity contribution in [1.29, 1.82) is 0 Å². The van der Waals surface area contributed by atoms with Gasteiger partial charge in [-0.15, -0.1) is 0 Å². The van der Waals surface area contributed by atoms with E-state index in [1.54, 1.807) is 24.5 Å². The van der Waals surface area contributed by atoms with Crippen molar-refractivity contribution < 1.29 is 14.5 Å². The number of rotatable bonds is 3. The third-order valence-corrected chi connectivity index (χ3v) is 4.55. The van der Waals surface area contributed by atoms with Gasteiger partial charge in [-0.2, -0.15) is 0 Å². The molecule has 1 aromatic heterocycles. The number of carbonyl (C=O) groups excluding carboxylic acids is 2. The van der Waals surface area contributed by atoms with E-state index in [0.29, 0.717) is 25.2 Å². The average Bonchev–Trinajstić information content (AvgIpc) is 3.10. The van der Waals surface area contributed by atoms with E-state index in [9.17, 15) is 9.59 Å². The fourth-order valence-corrected chi connectivity index (χ4v) is 3.17. The second-order valence-corrected chi connectivity index (χ2v) is 6.04. The third kappa shape index (κ3) is 3.44. The number of nitrogens with one attached hydrogen (secondary N) is 1. The van der Waals surface area contributed by atoms with Crippen LogP contribution in [0.1, 0.15) is 23.2 Å². The molecule has 0 aromatic carbocycles. The molecule has 0 atom stereocenters. The Morgan fingerprint density at radius 3 is 2.27 bits per heavy atom. The van der Waals surface area contributed by atoms with E-state index in [2.05, 4.69) is 4.98 Å². The number of hydrogen-bond donors (Lipinski definition) is 1. The molecule has 1 N–H and O–H groups in total. The Morgan fingerprint density at radius 1 is 1.00 bits per heavy atom. The van der Waals surface area contributed by atoms with Crippen LogP contribution in [0.3, 0.4) is 0 Å². The van der Waals surface area contributed by atoms with Crippen molar-refractivity contribution in [1.82, 2.24) is 14.8 Å². The van der Waals surface area contributed by atoms with Gasteiger partial charge in [0.2, 0.25) is 0 Å². The molecule has 0 saturated carbocycles. The average molecular weight is 303 g/mol. The molecule has 3 rings (SSSR count). The minimum atomic E-state index is 0.0623. The molecule has 118 valence electrons.